The fourth-order valence-corrected chi connectivity index (χ4v) is 2.81. The minimum atomic E-state index is 0.813. The first-order chi connectivity index (χ1) is 8.16. The highest BCUT2D eigenvalue weighted by atomic mass is 79.9. The average Bonchev–Trinajstić information content (AvgIpc) is 2.55. The van der Waals surface area contributed by atoms with Crippen molar-refractivity contribution in [2.45, 2.75) is 33.1 Å². The van der Waals surface area contributed by atoms with Crippen LogP contribution in [0.4, 0.5) is 5.82 Å². The zero-order valence-electron chi connectivity index (χ0n) is 10.7. The molecule has 2 heterocycles. The number of pyridine rings is 1. The van der Waals surface area contributed by atoms with Crippen molar-refractivity contribution in [2.75, 3.05) is 18.0 Å². The molecule has 1 aromatic heterocycles. The molecule has 0 saturated carbocycles. The predicted molar refractivity (Wildman–Crippen MR) is 76.3 cm³/mol. The summed E-state index contributed by atoms with van der Waals surface area (Å²) in [5.74, 6) is 2.82. The van der Waals surface area contributed by atoms with Crippen LogP contribution in [0.15, 0.2) is 22.8 Å². The zero-order valence-corrected chi connectivity index (χ0v) is 12.3. The van der Waals surface area contributed by atoms with Gasteiger partial charge in [0.2, 0.25) is 0 Å². The van der Waals surface area contributed by atoms with Gasteiger partial charge < -0.3 is 4.90 Å². The Balaban J connectivity index is 2.01. The van der Waals surface area contributed by atoms with Crippen LogP contribution in [0.3, 0.4) is 0 Å². The molecule has 1 unspecified atom stereocenters. The van der Waals surface area contributed by atoms with E-state index in [0.717, 1.165) is 35.2 Å². The summed E-state index contributed by atoms with van der Waals surface area (Å²) < 4.78 is 1.05. The highest BCUT2D eigenvalue weighted by Gasteiger charge is 2.19. The molecule has 0 aromatic carbocycles. The molecule has 1 aliphatic heterocycles. The number of aromatic nitrogens is 1. The average molecular weight is 297 g/mol. The zero-order chi connectivity index (χ0) is 12.3. The fourth-order valence-electron chi connectivity index (χ4n) is 2.57. The van der Waals surface area contributed by atoms with E-state index < -0.39 is 0 Å². The Morgan fingerprint density at radius 2 is 2.12 bits per heavy atom. The van der Waals surface area contributed by atoms with Crippen LogP contribution in [0.5, 0.6) is 0 Å². The van der Waals surface area contributed by atoms with Gasteiger partial charge in [-0.3, -0.25) is 0 Å². The van der Waals surface area contributed by atoms with E-state index in [0.29, 0.717) is 0 Å². The summed E-state index contributed by atoms with van der Waals surface area (Å²) in [5, 5.41) is 0. The van der Waals surface area contributed by atoms with Crippen LogP contribution in [0.25, 0.3) is 0 Å². The van der Waals surface area contributed by atoms with Crippen molar-refractivity contribution in [1.82, 2.24) is 4.98 Å². The lowest BCUT2D eigenvalue weighted by atomic mass is 9.89. The van der Waals surface area contributed by atoms with Gasteiger partial charge in [0.15, 0.2) is 0 Å². The molecule has 0 spiro atoms. The summed E-state index contributed by atoms with van der Waals surface area (Å²) in [6.45, 7) is 6.99. The summed E-state index contributed by atoms with van der Waals surface area (Å²) in [7, 11) is 0. The van der Waals surface area contributed by atoms with Crippen LogP contribution in [0, 0.1) is 11.8 Å². The third-order valence-corrected chi connectivity index (χ3v) is 4.22. The van der Waals surface area contributed by atoms with Crippen LogP contribution >= 0.6 is 15.9 Å². The Morgan fingerprint density at radius 1 is 1.29 bits per heavy atom. The summed E-state index contributed by atoms with van der Waals surface area (Å²) in [6.07, 6.45) is 5.85. The molecule has 3 heteroatoms. The van der Waals surface area contributed by atoms with Gasteiger partial charge in [-0.1, -0.05) is 13.8 Å². The van der Waals surface area contributed by atoms with Crippen molar-refractivity contribution in [2.24, 2.45) is 11.8 Å². The molecule has 2 rings (SSSR count). The molecule has 1 saturated heterocycles. The molecule has 0 radical (unpaired) electrons. The van der Waals surface area contributed by atoms with Gasteiger partial charge in [-0.15, -0.1) is 0 Å². The van der Waals surface area contributed by atoms with Gasteiger partial charge in [-0.25, -0.2) is 4.98 Å². The molecule has 1 fully saturated rings. The molecule has 0 bridgehead atoms. The quantitative estimate of drug-likeness (QED) is 0.816. The SMILES string of the molecule is CC(C)C1CCCN(c2ccc(Br)cn2)CC1. The standard InChI is InChI=1S/C14H21BrN2/c1-11(2)12-4-3-8-17(9-7-12)14-6-5-13(15)10-16-14/h5-6,10-12H,3-4,7-9H2,1-2H3. The lowest BCUT2D eigenvalue weighted by molar-refractivity contribution is 0.351. The van der Waals surface area contributed by atoms with Crippen molar-refractivity contribution >= 4 is 21.7 Å². The van der Waals surface area contributed by atoms with Crippen LogP contribution < -0.4 is 4.90 Å². The predicted octanol–water partition coefficient (Wildman–Crippen LogP) is 4.11. The second-order valence-corrected chi connectivity index (χ2v) is 6.17. The third-order valence-electron chi connectivity index (χ3n) is 3.75. The van der Waals surface area contributed by atoms with Gasteiger partial charge in [0.1, 0.15) is 5.82 Å². The Labute approximate surface area is 113 Å². The number of hydrogen-bond donors (Lipinski definition) is 0. The molecular weight excluding hydrogens is 276 g/mol. The van der Waals surface area contributed by atoms with E-state index in [1.165, 1.54) is 19.3 Å². The van der Waals surface area contributed by atoms with Crippen molar-refractivity contribution < 1.29 is 0 Å². The van der Waals surface area contributed by atoms with Gasteiger partial charge in [0.25, 0.3) is 0 Å². The topological polar surface area (TPSA) is 16.1 Å². The van der Waals surface area contributed by atoms with E-state index >= 15 is 0 Å². The Hall–Kier alpha value is -0.570. The molecule has 0 amide bonds. The Bertz CT molecular complexity index is 348. The Kier molecular flexibility index (Phi) is 4.43. The second kappa shape index (κ2) is 5.85. The van der Waals surface area contributed by atoms with E-state index in [2.05, 4.69) is 51.8 Å². The highest BCUT2D eigenvalue weighted by Crippen LogP contribution is 2.26. The first-order valence-electron chi connectivity index (χ1n) is 6.53. The molecule has 0 N–H and O–H groups in total. The summed E-state index contributed by atoms with van der Waals surface area (Å²) in [5.41, 5.74) is 0. The third kappa shape index (κ3) is 3.44. The van der Waals surface area contributed by atoms with Crippen LogP contribution in [0.2, 0.25) is 0 Å². The summed E-state index contributed by atoms with van der Waals surface area (Å²) in [4.78, 5) is 6.92. The van der Waals surface area contributed by atoms with Crippen molar-refractivity contribution in [3.05, 3.63) is 22.8 Å². The summed E-state index contributed by atoms with van der Waals surface area (Å²) >= 11 is 3.43. The largest absolute Gasteiger partial charge is 0.357 e. The van der Waals surface area contributed by atoms with Gasteiger partial charge in [-0.05, 0) is 59.2 Å². The lowest BCUT2D eigenvalue weighted by Crippen LogP contribution is -2.25. The molecule has 94 valence electrons. The molecule has 2 nitrogen and oxygen atoms in total. The van der Waals surface area contributed by atoms with Gasteiger partial charge >= 0.3 is 0 Å². The van der Waals surface area contributed by atoms with Crippen LogP contribution in [0.1, 0.15) is 33.1 Å². The molecule has 17 heavy (non-hydrogen) atoms. The highest BCUT2D eigenvalue weighted by molar-refractivity contribution is 9.10. The van der Waals surface area contributed by atoms with E-state index in [9.17, 15) is 0 Å². The fraction of sp³-hybridized carbons (Fsp3) is 0.643. The van der Waals surface area contributed by atoms with Gasteiger partial charge in [-0.2, -0.15) is 0 Å². The number of halogens is 1. The maximum absolute atomic E-state index is 4.49. The van der Waals surface area contributed by atoms with Crippen molar-refractivity contribution in [3.63, 3.8) is 0 Å². The molecular formula is C14H21BrN2. The van der Waals surface area contributed by atoms with Gasteiger partial charge in [0.05, 0.1) is 0 Å². The van der Waals surface area contributed by atoms with Crippen molar-refractivity contribution in [3.8, 4) is 0 Å². The lowest BCUT2D eigenvalue weighted by Gasteiger charge is -2.22. The molecule has 1 aromatic rings. The Morgan fingerprint density at radius 3 is 2.76 bits per heavy atom. The van der Waals surface area contributed by atoms with E-state index in [4.69, 9.17) is 0 Å². The first-order valence-corrected chi connectivity index (χ1v) is 7.32. The minimum absolute atomic E-state index is 0.813. The molecule has 1 atom stereocenters. The van der Waals surface area contributed by atoms with E-state index in [1.807, 2.05) is 6.20 Å². The van der Waals surface area contributed by atoms with Gasteiger partial charge in [0, 0.05) is 23.8 Å². The summed E-state index contributed by atoms with van der Waals surface area (Å²) in [6, 6.07) is 4.19. The minimum Gasteiger partial charge on any atom is -0.357 e. The second-order valence-electron chi connectivity index (χ2n) is 5.26. The smallest absolute Gasteiger partial charge is 0.128 e. The maximum Gasteiger partial charge on any atom is 0.128 e. The molecule has 0 aliphatic carbocycles. The van der Waals surface area contributed by atoms with Crippen LogP contribution in [-0.2, 0) is 0 Å². The maximum atomic E-state index is 4.49. The first kappa shape index (κ1) is 12.9. The van der Waals surface area contributed by atoms with Crippen molar-refractivity contribution in [1.29, 1.82) is 0 Å². The number of hydrogen-bond acceptors (Lipinski definition) is 2. The molecule has 1 aliphatic rings. The van der Waals surface area contributed by atoms with E-state index in [-0.39, 0.29) is 0 Å². The number of rotatable bonds is 2. The van der Waals surface area contributed by atoms with E-state index in [1.54, 1.807) is 0 Å². The normalized spacial score (nSPS) is 21.6. The number of anilines is 1. The number of nitrogens with zero attached hydrogens (tertiary/aromatic N) is 2. The monoisotopic (exact) mass is 296 g/mol. The van der Waals surface area contributed by atoms with Crippen LogP contribution in [-0.4, -0.2) is 18.1 Å².